The number of carbonyl (C=O) groups excluding carboxylic acids is 1. The molecule has 0 unspecified atom stereocenters. The third kappa shape index (κ3) is 2.29. The van der Waals surface area contributed by atoms with E-state index < -0.39 is 21.0 Å². The predicted octanol–water partition coefficient (Wildman–Crippen LogP) is -0.654. The summed E-state index contributed by atoms with van der Waals surface area (Å²) >= 11 is 0. The molecule has 0 aliphatic heterocycles. The third-order valence-corrected chi connectivity index (χ3v) is 2.76. The van der Waals surface area contributed by atoms with Gasteiger partial charge in [0.1, 0.15) is 5.56 Å². The molecule has 0 atom stereocenters. The second-order valence-corrected chi connectivity index (χ2v) is 4.17. The number of hydrogen-bond donors (Lipinski definition) is 2. The molecule has 0 radical (unpaired) electrons. The Hall–Kier alpha value is -2.08. The van der Waals surface area contributed by atoms with Gasteiger partial charge >= 0.3 is 5.97 Å². The summed E-state index contributed by atoms with van der Waals surface area (Å²) in [5, 5.41) is 13.3. The number of ether oxygens (including phenoxy) is 1. The van der Waals surface area contributed by atoms with E-state index >= 15 is 0 Å². The fourth-order valence-corrected chi connectivity index (χ4v) is 1.77. The van der Waals surface area contributed by atoms with Crippen molar-refractivity contribution in [3.05, 3.63) is 11.8 Å². The van der Waals surface area contributed by atoms with Gasteiger partial charge in [0, 0.05) is 0 Å². The molecule has 1 aromatic rings. The topological polar surface area (TPSA) is 125 Å². The maximum Gasteiger partial charge on any atom is 0.342 e. The van der Waals surface area contributed by atoms with E-state index in [0.29, 0.717) is 0 Å². The molecule has 0 bridgehead atoms. The molecule has 8 nitrogen and oxygen atoms in total. The minimum Gasteiger partial charge on any atom is -0.462 e. The third-order valence-electron chi connectivity index (χ3n) is 1.55. The number of aromatic nitrogens is 2. The zero-order chi connectivity index (χ0) is 12.2. The summed E-state index contributed by atoms with van der Waals surface area (Å²) in [7, 11) is -4.09. The van der Waals surface area contributed by atoms with Crippen LogP contribution in [0.5, 0.6) is 0 Å². The summed E-state index contributed by atoms with van der Waals surface area (Å²) in [5.41, 5.74) is -0.246. The van der Waals surface area contributed by atoms with Gasteiger partial charge < -0.3 is 4.74 Å². The fourth-order valence-electron chi connectivity index (χ4n) is 0.945. The zero-order valence-corrected chi connectivity index (χ0v) is 9.04. The molecular weight excluding hydrogens is 236 g/mol. The molecular formula is C7H8N4O4S. The smallest absolute Gasteiger partial charge is 0.342 e. The Balaban J connectivity index is 3.14. The Bertz CT molecular complexity index is 527. The molecule has 1 rings (SSSR count). The van der Waals surface area contributed by atoms with Crippen LogP contribution in [0.25, 0.3) is 0 Å². The van der Waals surface area contributed by atoms with Crippen LogP contribution in [0.1, 0.15) is 17.3 Å². The number of rotatable bonds is 4. The summed E-state index contributed by atoms with van der Waals surface area (Å²) in [6, 6.07) is 0. The highest BCUT2D eigenvalue weighted by atomic mass is 32.2. The second kappa shape index (κ2) is 4.63. The number of hydrogen-bond acceptors (Lipinski definition) is 6. The van der Waals surface area contributed by atoms with Crippen LogP contribution in [0.2, 0.25) is 0 Å². The number of aromatic amines is 1. The van der Waals surface area contributed by atoms with Gasteiger partial charge in [0.15, 0.2) is 11.2 Å². The largest absolute Gasteiger partial charge is 0.462 e. The average molecular weight is 244 g/mol. The van der Waals surface area contributed by atoms with Crippen molar-refractivity contribution in [3.8, 4) is 6.19 Å². The lowest BCUT2D eigenvalue weighted by Crippen LogP contribution is -2.21. The van der Waals surface area contributed by atoms with Gasteiger partial charge in [-0.2, -0.15) is 18.8 Å². The maximum absolute atomic E-state index is 11.4. The summed E-state index contributed by atoms with van der Waals surface area (Å²) in [4.78, 5) is 11.3. The standard InChI is InChI=1S/C7H8N4O4S/c1-2-15-7(12)5-3-9-11-6(5)16(13,14)10-4-8/h3,10H,2H2,1H3,(H,9,11). The second-order valence-electron chi connectivity index (χ2n) is 2.55. The van der Waals surface area contributed by atoms with Gasteiger partial charge in [-0.25, -0.2) is 9.52 Å². The fraction of sp³-hybridized carbons (Fsp3) is 0.286. The molecule has 0 spiro atoms. The summed E-state index contributed by atoms with van der Waals surface area (Å²) in [6.45, 7) is 1.69. The summed E-state index contributed by atoms with van der Waals surface area (Å²) < 4.78 is 29.0. The van der Waals surface area contributed by atoms with Crippen molar-refractivity contribution in [2.75, 3.05) is 6.61 Å². The number of nitrogens with one attached hydrogen (secondary N) is 2. The summed E-state index contributed by atoms with van der Waals surface area (Å²) in [6.07, 6.45) is 2.27. The average Bonchev–Trinajstić information content (AvgIpc) is 2.66. The SMILES string of the molecule is CCOC(=O)c1cn[nH]c1S(=O)(=O)NC#N. The molecule has 0 saturated carbocycles. The maximum atomic E-state index is 11.4. The summed E-state index contributed by atoms with van der Waals surface area (Å²) in [5.74, 6) is -0.824. The van der Waals surface area contributed by atoms with Crippen LogP contribution >= 0.6 is 0 Å². The first kappa shape index (κ1) is 12.0. The molecule has 0 aromatic carbocycles. The van der Waals surface area contributed by atoms with Gasteiger partial charge in [0.2, 0.25) is 0 Å². The Kier molecular flexibility index (Phi) is 3.47. The Morgan fingerprint density at radius 2 is 2.44 bits per heavy atom. The van der Waals surface area contributed by atoms with Crippen molar-refractivity contribution in [2.45, 2.75) is 11.9 Å². The van der Waals surface area contributed by atoms with Crippen molar-refractivity contribution in [3.63, 3.8) is 0 Å². The van der Waals surface area contributed by atoms with Crippen molar-refractivity contribution >= 4 is 16.0 Å². The lowest BCUT2D eigenvalue weighted by Gasteiger charge is -2.02. The first-order valence-electron chi connectivity index (χ1n) is 4.14. The molecule has 86 valence electrons. The number of H-pyrrole nitrogens is 1. The molecule has 0 amide bonds. The molecule has 1 aromatic heterocycles. The van der Waals surface area contributed by atoms with Gasteiger partial charge in [-0.3, -0.25) is 5.10 Å². The lowest BCUT2D eigenvalue weighted by molar-refractivity contribution is 0.0522. The van der Waals surface area contributed by atoms with E-state index in [9.17, 15) is 13.2 Å². The van der Waals surface area contributed by atoms with Gasteiger partial charge in [-0.1, -0.05) is 0 Å². The van der Waals surface area contributed by atoms with Gasteiger partial charge in [0.05, 0.1) is 12.8 Å². The van der Waals surface area contributed by atoms with E-state index in [-0.39, 0.29) is 12.2 Å². The molecule has 0 aliphatic carbocycles. The molecule has 0 aliphatic rings. The molecule has 2 N–H and O–H groups in total. The highest BCUT2D eigenvalue weighted by Gasteiger charge is 2.25. The Morgan fingerprint density at radius 1 is 1.75 bits per heavy atom. The number of nitriles is 1. The van der Waals surface area contributed by atoms with Crippen molar-refractivity contribution in [1.82, 2.24) is 14.9 Å². The first-order valence-corrected chi connectivity index (χ1v) is 5.62. The number of nitrogens with zero attached hydrogens (tertiary/aromatic N) is 2. The van der Waals surface area contributed by atoms with Crippen molar-refractivity contribution < 1.29 is 17.9 Å². The van der Waals surface area contributed by atoms with Crippen LogP contribution in [0.4, 0.5) is 0 Å². The van der Waals surface area contributed by atoms with E-state index in [1.54, 1.807) is 11.6 Å². The first-order chi connectivity index (χ1) is 7.53. The van der Waals surface area contributed by atoms with Gasteiger partial charge in [-0.05, 0) is 6.92 Å². The van der Waals surface area contributed by atoms with Crippen LogP contribution < -0.4 is 4.72 Å². The van der Waals surface area contributed by atoms with E-state index in [1.165, 1.54) is 6.19 Å². The highest BCUT2D eigenvalue weighted by molar-refractivity contribution is 7.89. The van der Waals surface area contributed by atoms with Crippen molar-refractivity contribution in [1.29, 1.82) is 5.26 Å². The normalized spacial score (nSPS) is 10.5. The van der Waals surface area contributed by atoms with Crippen molar-refractivity contribution in [2.24, 2.45) is 0 Å². The van der Waals surface area contributed by atoms with E-state index in [2.05, 4.69) is 14.9 Å². The Labute approximate surface area is 91.3 Å². The van der Waals surface area contributed by atoms with E-state index in [4.69, 9.17) is 5.26 Å². The minimum atomic E-state index is -4.09. The van der Waals surface area contributed by atoms with Crippen LogP contribution in [0.3, 0.4) is 0 Å². The van der Waals surface area contributed by atoms with Crippen LogP contribution in [0, 0.1) is 11.5 Å². The highest BCUT2D eigenvalue weighted by Crippen LogP contribution is 2.12. The quantitative estimate of drug-likeness (QED) is 0.411. The predicted molar refractivity (Wildman–Crippen MR) is 50.5 cm³/mol. The molecule has 1 heterocycles. The van der Waals surface area contributed by atoms with Crippen LogP contribution in [-0.2, 0) is 14.8 Å². The van der Waals surface area contributed by atoms with E-state index in [1.807, 2.05) is 0 Å². The monoisotopic (exact) mass is 244 g/mol. The van der Waals surface area contributed by atoms with Gasteiger partial charge in [0.25, 0.3) is 10.0 Å². The number of esters is 1. The van der Waals surface area contributed by atoms with Crippen LogP contribution in [0.15, 0.2) is 11.2 Å². The Morgan fingerprint density at radius 3 is 3.00 bits per heavy atom. The lowest BCUT2D eigenvalue weighted by atomic mass is 10.4. The number of sulfonamides is 1. The zero-order valence-electron chi connectivity index (χ0n) is 8.22. The molecule has 0 saturated heterocycles. The molecule has 0 fully saturated rings. The number of carbonyl (C=O) groups is 1. The van der Waals surface area contributed by atoms with Crippen LogP contribution in [-0.4, -0.2) is 31.2 Å². The van der Waals surface area contributed by atoms with Gasteiger partial charge in [-0.15, -0.1) is 0 Å². The molecule has 9 heteroatoms. The molecule has 16 heavy (non-hydrogen) atoms. The van der Waals surface area contributed by atoms with E-state index in [0.717, 1.165) is 6.20 Å². The minimum absolute atomic E-state index is 0.106.